The molecule has 0 saturated carbocycles. The molecule has 0 saturated heterocycles. The van der Waals surface area contributed by atoms with Crippen molar-refractivity contribution in [3.8, 4) is 0 Å². The lowest BCUT2D eigenvalue weighted by molar-refractivity contribution is 0.0953. The zero-order valence-electron chi connectivity index (χ0n) is 17.2. The Morgan fingerprint density at radius 2 is 1.84 bits per heavy atom. The predicted octanol–water partition coefficient (Wildman–Crippen LogP) is 4.67. The van der Waals surface area contributed by atoms with Gasteiger partial charge in [-0.15, -0.1) is 0 Å². The molecule has 0 bridgehead atoms. The Kier molecular flexibility index (Phi) is 5.86. The van der Waals surface area contributed by atoms with E-state index in [0.717, 1.165) is 17.5 Å². The Hall–Kier alpha value is -3.45. The number of hydrogen-bond acceptors (Lipinski definition) is 5. The van der Waals surface area contributed by atoms with Crippen LogP contribution in [0, 0.1) is 13.8 Å². The van der Waals surface area contributed by atoms with E-state index in [1.807, 2.05) is 13.8 Å². The van der Waals surface area contributed by atoms with Crippen LogP contribution >= 0.6 is 11.6 Å². The molecule has 0 fully saturated rings. The molecule has 1 aliphatic rings. The van der Waals surface area contributed by atoms with Crippen LogP contribution in [0.25, 0.3) is 0 Å². The summed E-state index contributed by atoms with van der Waals surface area (Å²) in [6.45, 7) is 3.67. The molecule has 7 nitrogen and oxygen atoms in total. The van der Waals surface area contributed by atoms with E-state index in [2.05, 4.69) is 20.8 Å². The number of hydrogen-bond donors (Lipinski definition) is 2. The summed E-state index contributed by atoms with van der Waals surface area (Å²) in [4.78, 5) is 29.1. The van der Waals surface area contributed by atoms with Crippen molar-refractivity contribution in [3.05, 3.63) is 81.5 Å². The number of benzene rings is 1. The van der Waals surface area contributed by atoms with Crippen LogP contribution < -0.4 is 10.7 Å². The number of carbonyl (C=O) groups is 2. The monoisotopic (exact) mass is 436 g/mol. The summed E-state index contributed by atoms with van der Waals surface area (Å²) < 4.78 is 5.92. The smallest absolute Gasteiger partial charge is 0.291 e. The highest BCUT2D eigenvalue weighted by Gasteiger charge is 2.28. The van der Waals surface area contributed by atoms with Crippen LogP contribution in [-0.2, 0) is 6.42 Å². The van der Waals surface area contributed by atoms with E-state index in [-0.39, 0.29) is 17.6 Å². The molecule has 0 spiro atoms. The number of furan rings is 1. The van der Waals surface area contributed by atoms with Gasteiger partial charge in [0.1, 0.15) is 5.76 Å². The number of aromatic nitrogens is 1. The third kappa shape index (κ3) is 4.22. The third-order valence-electron chi connectivity index (χ3n) is 5.28. The van der Waals surface area contributed by atoms with Crippen molar-refractivity contribution >= 4 is 34.8 Å². The van der Waals surface area contributed by atoms with Crippen molar-refractivity contribution in [1.82, 2.24) is 10.4 Å². The second-order valence-corrected chi connectivity index (χ2v) is 7.72. The third-order valence-corrected chi connectivity index (χ3v) is 5.69. The van der Waals surface area contributed by atoms with Gasteiger partial charge in [-0.05, 0) is 56.5 Å². The van der Waals surface area contributed by atoms with Gasteiger partial charge >= 0.3 is 0 Å². The molecule has 0 atom stereocenters. The van der Waals surface area contributed by atoms with Gasteiger partial charge in [-0.25, -0.2) is 5.43 Å². The van der Waals surface area contributed by atoms with Gasteiger partial charge in [0.25, 0.3) is 11.8 Å². The molecular weight excluding hydrogens is 416 g/mol. The maximum absolute atomic E-state index is 12.9. The molecule has 0 radical (unpaired) electrons. The number of pyridine rings is 1. The Morgan fingerprint density at radius 3 is 2.61 bits per heavy atom. The molecule has 4 rings (SSSR count). The van der Waals surface area contributed by atoms with Gasteiger partial charge in [0.15, 0.2) is 5.76 Å². The molecule has 0 unspecified atom stereocenters. The van der Waals surface area contributed by atoms with Crippen molar-refractivity contribution < 1.29 is 14.0 Å². The number of nitrogens with one attached hydrogen (secondary N) is 2. The zero-order valence-corrected chi connectivity index (χ0v) is 17.9. The van der Waals surface area contributed by atoms with E-state index >= 15 is 0 Å². The molecule has 2 N–H and O–H groups in total. The number of hydrazone groups is 1. The van der Waals surface area contributed by atoms with Crippen LogP contribution in [0.5, 0.6) is 0 Å². The van der Waals surface area contributed by atoms with E-state index in [1.165, 1.54) is 0 Å². The van der Waals surface area contributed by atoms with Crippen LogP contribution in [0.4, 0.5) is 5.69 Å². The fraction of sp³-hybridized carbons (Fsp3) is 0.217. The second kappa shape index (κ2) is 8.73. The first-order valence-corrected chi connectivity index (χ1v) is 10.3. The summed E-state index contributed by atoms with van der Waals surface area (Å²) in [6, 6.07) is 8.57. The molecule has 2 aromatic heterocycles. The normalized spacial score (nSPS) is 14.2. The number of fused-ring (bicyclic) bond motifs is 1. The van der Waals surface area contributed by atoms with Crippen LogP contribution in [0.2, 0.25) is 5.02 Å². The summed E-state index contributed by atoms with van der Waals surface area (Å²) in [7, 11) is 0. The molecular formula is C23H21ClN4O3. The number of nitrogens with zero attached hydrogens (tertiary/aromatic N) is 2. The van der Waals surface area contributed by atoms with E-state index in [9.17, 15) is 9.59 Å². The minimum absolute atomic E-state index is 0.236. The van der Waals surface area contributed by atoms with Gasteiger partial charge in [-0.3, -0.25) is 14.6 Å². The minimum atomic E-state index is -0.350. The van der Waals surface area contributed by atoms with Gasteiger partial charge in [-0.2, -0.15) is 5.10 Å². The van der Waals surface area contributed by atoms with Crippen molar-refractivity contribution in [2.45, 2.75) is 33.1 Å². The number of amides is 2. The van der Waals surface area contributed by atoms with Gasteiger partial charge in [0.2, 0.25) is 0 Å². The van der Waals surface area contributed by atoms with Crippen molar-refractivity contribution in [2.24, 2.45) is 5.10 Å². The number of anilines is 1. The molecule has 3 aromatic rings. The highest BCUT2D eigenvalue weighted by Crippen LogP contribution is 2.31. The number of carbonyl (C=O) groups excluding carboxylic acids is 2. The predicted molar refractivity (Wildman–Crippen MR) is 119 cm³/mol. The van der Waals surface area contributed by atoms with E-state index in [0.29, 0.717) is 46.2 Å². The van der Waals surface area contributed by atoms with E-state index in [1.54, 1.807) is 42.7 Å². The molecule has 1 aliphatic carbocycles. The lowest BCUT2D eigenvalue weighted by atomic mass is 9.93. The van der Waals surface area contributed by atoms with E-state index < -0.39 is 0 Å². The first-order valence-electron chi connectivity index (χ1n) is 9.91. The molecule has 1 aromatic carbocycles. The largest absolute Gasteiger partial charge is 0.455 e. The number of rotatable bonds is 4. The fourth-order valence-corrected chi connectivity index (χ4v) is 3.78. The molecule has 31 heavy (non-hydrogen) atoms. The Morgan fingerprint density at radius 1 is 1.06 bits per heavy atom. The van der Waals surface area contributed by atoms with E-state index in [4.69, 9.17) is 16.0 Å². The lowest BCUT2D eigenvalue weighted by Crippen LogP contribution is -2.22. The van der Waals surface area contributed by atoms with Crippen LogP contribution in [0.3, 0.4) is 0 Å². The highest BCUT2D eigenvalue weighted by molar-refractivity contribution is 6.31. The van der Waals surface area contributed by atoms with Crippen LogP contribution in [0.1, 0.15) is 56.2 Å². The standard InChI is InChI=1S/C23H21ClN4O3/c1-13-16(24)5-3-6-17(13)26-23(30)21-14(2)20-18(7-4-8-19(20)31-21)27-28-22(29)15-9-11-25-12-10-15/h3,5-6,9-12H,4,7-8H2,1-2H3,(H,26,30)(H,28,29)/b27-18+. The fourth-order valence-electron chi connectivity index (χ4n) is 3.60. The number of halogens is 1. The van der Waals surface area contributed by atoms with Crippen molar-refractivity contribution in [2.75, 3.05) is 5.32 Å². The average Bonchev–Trinajstić information content (AvgIpc) is 3.13. The summed E-state index contributed by atoms with van der Waals surface area (Å²) >= 11 is 6.15. The van der Waals surface area contributed by atoms with Crippen LogP contribution in [0.15, 0.2) is 52.2 Å². The second-order valence-electron chi connectivity index (χ2n) is 7.31. The average molecular weight is 437 g/mol. The summed E-state index contributed by atoms with van der Waals surface area (Å²) in [6.07, 6.45) is 5.30. The van der Waals surface area contributed by atoms with Gasteiger partial charge in [0.05, 0.1) is 5.71 Å². The zero-order chi connectivity index (χ0) is 22.0. The maximum atomic E-state index is 12.9. The van der Waals surface area contributed by atoms with Crippen LogP contribution in [-0.4, -0.2) is 22.5 Å². The van der Waals surface area contributed by atoms with Crippen molar-refractivity contribution in [3.63, 3.8) is 0 Å². The highest BCUT2D eigenvalue weighted by atomic mass is 35.5. The maximum Gasteiger partial charge on any atom is 0.291 e. The molecule has 2 amide bonds. The topological polar surface area (TPSA) is 96.6 Å². The summed E-state index contributed by atoms with van der Waals surface area (Å²) in [5.41, 5.74) is 6.66. The Labute approximate surface area is 184 Å². The van der Waals surface area contributed by atoms with Crippen molar-refractivity contribution in [1.29, 1.82) is 0 Å². The molecule has 8 heteroatoms. The minimum Gasteiger partial charge on any atom is -0.455 e. The SMILES string of the molecule is Cc1c(Cl)cccc1NC(=O)c1oc2c(c1C)/C(=N/NC(=O)c1ccncc1)CCC2. The molecule has 158 valence electrons. The Bertz CT molecular complexity index is 1190. The van der Waals surface area contributed by atoms with Gasteiger partial charge in [0, 0.05) is 46.2 Å². The quantitative estimate of drug-likeness (QED) is 0.581. The summed E-state index contributed by atoms with van der Waals surface area (Å²) in [5.74, 6) is 0.267. The Balaban J connectivity index is 1.59. The lowest BCUT2D eigenvalue weighted by Gasteiger charge is -2.13. The first kappa shape index (κ1) is 20.8. The summed E-state index contributed by atoms with van der Waals surface area (Å²) in [5, 5.41) is 7.78. The van der Waals surface area contributed by atoms with Gasteiger partial charge in [-0.1, -0.05) is 17.7 Å². The molecule has 0 aliphatic heterocycles. The number of aryl methyl sites for hydroxylation is 1. The van der Waals surface area contributed by atoms with Gasteiger partial charge < -0.3 is 9.73 Å². The first-order chi connectivity index (χ1) is 15.0. The molecule has 2 heterocycles.